The molecule has 188 valence electrons. The highest BCUT2D eigenvalue weighted by Gasteiger charge is 2.29. The van der Waals surface area contributed by atoms with E-state index in [4.69, 9.17) is 16.6 Å². The van der Waals surface area contributed by atoms with Crippen molar-refractivity contribution in [2.75, 3.05) is 6.54 Å². The number of rotatable bonds is 15. The number of nitrogens with one attached hydrogen (secondary N) is 3. The molecular weight excluding hydrogens is 446 g/mol. The lowest BCUT2D eigenvalue weighted by Crippen LogP contribution is -2.57. The Labute approximate surface area is 197 Å². The van der Waals surface area contributed by atoms with E-state index in [1.165, 1.54) is 6.92 Å². The maximum atomic E-state index is 12.9. The van der Waals surface area contributed by atoms with Crippen LogP contribution in [0.15, 0.2) is 30.3 Å². The lowest BCUT2D eigenvalue weighted by atomic mass is 10.0. The molecular formula is C22H33N5O7. The summed E-state index contributed by atoms with van der Waals surface area (Å²) in [5.41, 5.74) is 11.7. The van der Waals surface area contributed by atoms with Crippen LogP contribution >= 0.6 is 0 Å². The minimum atomic E-state index is -1.35. The van der Waals surface area contributed by atoms with Gasteiger partial charge in [-0.1, -0.05) is 30.3 Å². The zero-order chi connectivity index (χ0) is 25.7. The second-order valence-electron chi connectivity index (χ2n) is 7.87. The van der Waals surface area contributed by atoms with Gasteiger partial charge < -0.3 is 37.6 Å². The fourth-order valence-corrected chi connectivity index (χ4v) is 3.05. The molecule has 0 aliphatic rings. The first-order valence-corrected chi connectivity index (χ1v) is 10.9. The number of amides is 3. The van der Waals surface area contributed by atoms with E-state index < -0.39 is 60.2 Å². The third-order valence-electron chi connectivity index (χ3n) is 4.96. The first kappa shape index (κ1) is 28.5. The Morgan fingerprint density at radius 3 is 2.06 bits per heavy atom. The van der Waals surface area contributed by atoms with Gasteiger partial charge in [-0.3, -0.25) is 19.2 Å². The largest absolute Gasteiger partial charge is 0.481 e. The Bertz CT molecular complexity index is 849. The Hall–Kier alpha value is -3.51. The first-order valence-electron chi connectivity index (χ1n) is 10.9. The summed E-state index contributed by atoms with van der Waals surface area (Å²) in [4.78, 5) is 59.9. The molecule has 3 amide bonds. The van der Waals surface area contributed by atoms with Gasteiger partial charge in [0.05, 0.1) is 12.5 Å². The van der Waals surface area contributed by atoms with Crippen molar-refractivity contribution in [1.82, 2.24) is 16.0 Å². The molecule has 0 aromatic heterocycles. The van der Waals surface area contributed by atoms with Crippen molar-refractivity contribution in [2.24, 2.45) is 11.5 Å². The summed E-state index contributed by atoms with van der Waals surface area (Å²) in [6.07, 6.45) is 0.749. The Morgan fingerprint density at radius 2 is 1.50 bits per heavy atom. The van der Waals surface area contributed by atoms with Crippen LogP contribution in [-0.4, -0.2) is 70.6 Å². The van der Waals surface area contributed by atoms with Gasteiger partial charge in [-0.15, -0.1) is 0 Å². The molecule has 4 unspecified atom stereocenters. The van der Waals surface area contributed by atoms with Crippen LogP contribution in [0.5, 0.6) is 0 Å². The maximum Gasteiger partial charge on any atom is 0.326 e. The quantitative estimate of drug-likeness (QED) is 0.149. The summed E-state index contributed by atoms with van der Waals surface area (Å²) in [7, 11) is 0. The molecule has 0 heterocycles. The highest BCUT2D eigenvalue weighted by atomic mass is 16.4. The summed E-state index contributed by atoms with van der Waals surface area (Å²) in [6, 6.07) is 4.04. The smallest absolute Gasteiger partial charge is 0.326 e. The van der Waals surface area contributed by atoms with Crippen LogP contribution in [0.4, 0.5) is 0 Å². The van der Waals surface area contributed by atoms with Crippen molar-refractivity contribution in [2.45, 2.75) is 63.2 Å². The monoisotopic (exact) mass is 479 g/mol. The molecule has 34 heavy (non-hydrogen) atoms. The standard InChI is InChI=1S/C22H33N5O7/c1-13(25-20(31)15(24)12-18(28)29)19(30)27-17(11-14-7-3-2-4-8-14)21(32)26-16(22(33)34)9-5-6-10-23/h2-4,7-8,13,15-17H,5-6,9-12,23-24H2,1H3,(H,25,31)(H,26,32)(H,27,30)(H,28,29)(H,33,34). The average molecular weight is 480 g/mol. The fraction of sp³-hybridized carbons (Fsp3) is 0.500. The van der Waals surface area contributed by atoms with Gasteiger partial charge in [-0.05, 0) is 38.3 Å². The molecule has 0 aliphatic heterocycles. The summed E-state index contributed by atoms with van der Waals surface area (Å²) in [6.45, 7) is 1.75. The number of aliphatic carboxylic acids is 2. The number of carboxylic acids is 2. The van der Waals surface area contributed by atoms with Gasteiger partial charge in [-0.25, -0.2) is 4.79 Å². The van der Waals surface area contributed by atoms with Crippen LogP contribution in [0.25, 0.3) is 0 Å². The highest BCUT2D eigenvalue weighted by molar-refractivity contribution is 5.94. The summed E-state index contributed by atoms with van der Waals surface area (Å²) < 4.78 is 0. The molecule has 0 radical (unpaired) electrons. The van der Waals surface area contributed by atoms with Crippen molar-refractivity contribution in [3.05, 3.63) is 35.9 Å². The number of carbonyl (C=O) groups is 5. The van der Waals surface area contributed by atoms with Crippen LogP contribution in [-0.2, 0) is 30.4 Å². The van der Waals surface area contributed by atoms with Gasteiger partial charge in [0.1, 0.15) is 18.1 Å². The van der Waals surface area contributed by atoms with E-state index >= 15 is 0 Å². The Morgan fingerprint density at radius 1 is 0.882 bits per heavy atom. The topological polar surface area (TPSA) is 214 Å². The van der Waals surface area contributed by atoms with E-state index in [2.05, 4.69) is 16.0 Å². The summed E-state index contributed by atoms with van der Waals surface area (Å²) in [5, 5.41) is 25.5. The van der Waals surface area contributed by atoms with Gasteiger partial charge >= 0.3 is 11.9 Å². The maximum absolute atomic E-state index is 12.9. The lowest BCUT2D eigenvalue weighted by molar-refractivity contribution is -0.142. The van der Waals surface area contributed by atoms with E-state index in [1.54, 1.807) is 30.3 Å². The van der Waals surface area contributed by atoms with Crippen molar-refractivity contribution < 1.29 is 34.2 Å². The van der Waals surface area contributed by atoms with E-state index in [0.717, 1.165) is 5.56 Å². The molecule has 12 heteroatoms. The number of benzene rings is 1. The second-order valence-corrected chi connectivity index (χ2v) is 7.87. The third-order valence-corrected chi connectivity index (χ3v) is 4.96. The number of nitrogens with two attached hydrogens (primary N) is 2. The molecule has 4 atom stereocenters. The number of carbonyl (C=O) groups excluding carboxylic acids is 3. The summed E-state index contributed by atoms with van der Waals surface area (Å²) in [5.74, 6) is -4.72. The molecule has 1 aromatic rings. The summed E-state index contributed by atoms with van der Waals surface area (Å²) >= 11 is 0. The van der Waals surface area contributed by atoms with Crippen LogP contribution in [0, 0.1) is 0 Å². The van der Waals surface area contributed by atoms with E-state index in [9.17, 15) is 29.1 Å². The van der Waals surface area contributed by atoms with Crippen molar-refractivity contribution in [1.29, 1.82) is 0 Å². The third kappa shape index (κ3) is 10.4. The van der Waals surface area contributed by atoms with Gasteiger partial charge in [0, 0.05) is 6.42 Å². The lowest BCUT2D eigenvalue weighted by Gasteiger charge is -2.24. The van der Waals surface area contributed by atoms with Gasteiger partial charge in [0.2, 0.25) is 17.7 Å². The predicted octanol–water partition coefficient (Wildman–Crippen LogP) is -1.28. The van der Waals surface area contributed by atoms with Crippen LogP contribution < -0.4 is 27.4 Å². The average Bonchev–Trinajstić information content (AvgIpc) is 2.77. The van der Waals surface area contributed by atoms with Crippen molar-refractivity contribution >= 4 is 29.7 Å². The van der Waals surface area contributed by atoms with Gasteiger partial charge in [0.25, 0.3) is 0 Å². The van der Waals surface area contributed by atoms with Gasteiger partial charge in [0.15, 0.2) is 0 Å². The molecule has 0 fully saturated rings. The molecule has 0 aliphatic carbocycles. The SMILES string of the molecule is CC(NC(=O)C(N)CC(=O)O)C(=O)NC(Cc1ccccc1)C(=O)NC(CCCCN)C(=O)O. The first-order chi connectivity index (χ1) is 16.0. The second kappa shape index (κ2) is 14.6. The molecule has 0 spiro atoms. The predicted molar refractivity (Wildman–Crippen MR) is 122 cm³/mol. The van der Waals surface area contributed by atoms with Gasteiger partial charge in [-0.2, -0.15) is 0 Å². The minimum absolute atomic E-state index is 0.0761. The number of unbranched alkanes of at least 4 members (excludes halogenated alkanes) is 1. The molecule has 0 saturated heterocycles. The molecule has 1 aromatic carbocycles. The number of hydrogen-bond donors (Lipinski definition) is 7. The van der Waals surface area contributed by atoms with Crippen molar-refractivity contribution in [3.8, 4) is 0 Å². The van der Waals surface area contributed by atoms with E-state index in [0.29, 0.717) is 19.4 Å². The Balaban J connectivity index is 2.91. The van der Waals surface area contributed by atoms with Crippen LogP contribution in [0.3, 0.4) is 0 Å². The number of hydrogen-bond acceptors (Lipinski definition) is 7. The molecule has 0 saturated carbocycles. The van der Waals surface area contributed by atoms with Crippen LogP contribution in [0.2, 0.25) is 0 Å². The zero-order valence-electron chi connectivity index (χ0n) is 19.0. The minimum Gasteiger partial charge on any atom is -0.481 e. The molecule has 9 N–H and O–H groups in total. The molecule has 1 rings (SSSR count). The normalized spacial score (nSPS) is 14.2. The van der Waals surface area contributed by atoms with Crippen LogP contribution in [0.1, 0.15) is 38.2 Å². The van der Waals surface area contributed by atoms with Crippen molar-refractivity contribution in [3.63, 3.8) is 0 Å². The Kier molecular flexibility index (Phi) is 12.2. The molecule has 0 bridgehead atoms. The fourth-order valence-electron chi connectivity index (χ4n) is 3.05. The zero-order valence-corrected chi connectivity index (χ0v) is 19.0. The number of carboxylic acid groups (broad SMARTS) is 2. The highest BCUT2D eigenvalue weighted by Crippen LogP contribution is 2.07. The van der Waals surface area contributed by atoms with E-state index in [-0.39, 0.29) is 12.8 Å². The molecule has 12 nitrogen and oxygen atoms in total. The van der Waals surface area contributed by atoms with E-state index in [1.807, 2.05) is 0 Å².